The summed E-state index contributed by atoms with van der Waals surface area (Å²) in [4.78, 5) is 12.2. The minimum Gasteiger partial charge on any atom is -0.386 e. The molecule has 0 aromatic heterocycles. The van der Waals surface area contributed by atoms with Crippen LogP contribution in [0, 0.1) is 0 Å². The second kappa shape index (κ2) is 15.9. The molecule has 0 bridgehead atoms. The van der Waals surface area contributed by atoms with Gasteiger partial charge in [-0.15, -0.1) is 0 Å². The number of carbonyl (C=O) groups is 1. The number of rotatable bonds is 3. The highest BCUT2D eigenvalue weighted by molar-refractivity contribution is 5.88. The molecule has 1 heterocycles. The Morgan fingerprint density at radius 3 is 2.43 bits per heavy atom. The van der Waals surface area contributed by atoms with E-state index in [4.69, 9.17) is 0 Å². The quantitative estimate of drug-likeness (QED) is 0.607. The molecule has 4 heteroatoms. The molecular formula is C26H33NO3. The predicted molar refractivity (Wildman–Crippen MR) is 126 cm³/mol. The fourth-order valence-electron chi connectivity index (χ4n) is 2.54. The van der Waals surface area contributed by atoms with Gasteiger partial charge in [0.25, 0.3) is 0 Å². The summed E-state index contributed by atoms with van der Waals surface area (Å²) < 4.78 is 0. The maximum atomic E-state index is 12.2. The van der Waals surface area contributed by atoms with Crippen molar-refractivity contribution in [1.29, 1.82) is 0 Å². The Balaban J connectivity index is 2.95. The maximum Gasteiger partial charge on any atom is 0.244 e. The van der Waals surface area contributed by atoms with Gasteiger partial charge in [0, 0.05) is 12.1 Å². The number of carbonyl (C=O) groups excluding carboxylic acids is 1. The highest BCUT2D eigenvalue weighted by atomic mass is 16.3. The summed E-state index contributed by atoms with van der Waals surface area (Å²) in [5.74, 6) is -0.160. The van der Waals surface area contributed by atoms with Crippen molar-refractivity contribution in [3.8, 4) is 0 Å². The number of aliphatic hydroxyl groups is 2. The molecular weight excluding hydrogens is 374 g/mol. The second-order valence-corrected chi connectivity index (χ2v) is 6.82. The summed E-state index contributed by atoms with van der Waals surface area (Å²) in [5.41, 5.74) is 0.782. The molecule has 4 nitrogen and oxygen atoms in total. The van der Waals surface area contributed by atoms with E-state index >= 15 is 0 Å². The van der Waals surface area contributed by atoms with Crippen LogP contribution in [0.5, 0.6) is 0 Å². The number of allylic oxidation sites excluding steroid dienone is 13. The van der Waals surface area contributed by atoms with Crippen molar-refractivity contribution in [3.63, 3.8) is 0 Å². The standard InChI is InChI=1S/C26H33NO3/c1-3-4-5-11-17-23-18-12-9-7-6-8-10-13-19-24(28)25(29)21-22(2)16-14-15-20-26(30)27-23/h3-16,19-21,23-25,28-29H,17-18H2,1-2H3,(H,27,30)/b4-3+,7-6+,10-8+,11-5+,12-9+,16-14+,19-13-,20-15+,22-21-. The molecule has 0 aliphatic carbocycles. The van der Waals surface area contributed by atoms with Crippen LogP contribution in [-0.2, 0) is 4.79 Å². The van der Waals surface area contributed by atoms with Gasteiger partial charge < -0.3 is 15.5 Å². The first-order valence-corrected chi connectivity index (χ1v) is 10.2. The van der Waals surface area contributed by atoms with Gasteiger partial charge in [-0.3, -0.25) is 4.79 Å². The van der Waals surface area contributed by atoms with Crippen LogP contribution in [-0.4, -0.2) is 34.4 Å². The van der Waals surface area contributed by atoms with E-state index in [0.717, 1.165) is 18.4 Å². The maximum absolute atomic E-state index is 12.2. The molecule has 0 spiro atoms. The number of nitrogens with one attached hydrogen (secondary N) is 1. The van der Waals surface area contributed by atoms with Crippen molar-refractivity contribution in [3.05, 3.63) is 109 Å². The molecule has 0 radical (unpaired) electrons. The normalized spacial score (nSPS) is 32.6. The molecule has 0 fully saturated rings. The molecule has 0 aromatic carbocycles. The summed E-state index contributed by atoms with van der Waals surface area (Å²) in [5, 5.41) is 23.0. The lowest BCUT2D eigenvalue weighted by atomic mass is 10.1. The first-order chi connectivity index (χ1) is 14.5. The third kappa shape index (κ3) is 12.5. The van der Waals surface area contributed by atoms with Gasteiger partial charge in [-0.25, -0.2) is 0 Å². The van der Waals surface area contributed by atoms with E-state index in [1.807, 2.05) is 68.5 Å². The van der Waals surface area contributed by atoms with Gasteiger partial charge in [-0.2, -0.15) is 0 Å². The first kappa shape index (κ1) is 25.1. The van der Waals surface area contributed by atoms with Crippen LogP contribution in [0.15, 0.2) is 109 Å². The van der Waals surface area contributed by atoms with Gasteiger partial charge in [0.15, 0.2) is 0 Å². The predicted octanol–water partition coefficient (Wildman–Crippen LogP) is 4.40. The fourth-order valence-corrected chi connectivity index (χ4v) is 2.54. The summed E-state index contributed by atoms with van der Waals surface area (Å²) in [6.07, 6.45) is 30.2. The average molecular weight is 408 g/mol. The first-order valence-electron chi connectivity index (χ1n) is 10.2. The van der Waals surface area contributed by atoms with Crippen molar-refractivity contribution < 1.29 is 15.0 Å². The molecule has 3 unspecified atom stereocenters. The van der Waals surface area contributed by atoms with Gasteiger partial charge in [0.2, 0.25) is 5.91 Å². The highest BCUT2D eigenvalue weighted by Crippen LogP contribution is 2.05. The zero-order valence-corrected chi connectivity index (χ0v) is 17.8. The smallest absolute Gasteiger partial charge is 0.244 e. The Hall–Kier alpha value is -2.95. The zero-order valence-electron chi connectivity index (χ0n) is 17.8. The van der Waals surface area contributed by atoms with Crippen LogP contribution in [0.3, 0.4) is 0 Å². The zero-order chi connectivity index (χ0) is 22.0. The van der Waals surface area contributed by atoms with E-state index in [2.05, 4.69) is 5.32 Å². The summed E-state index contributed by atoms with van der Waals surface area (Å²) >= 11 is 0. The summed E-state index contributed by atoms with van der Waals surface area (Å²) in [6.45, 7) is 3.78. The Kier molecular flexibility index (Phi) is 13.3. The van der Waals surface area contributed by atoms with E-state index < -0.39 is 12.2 Å². The number of amides is 1. The van der Waals surface area contributed by atoms with Crippen molar-refractivity contribution in [2.75, 3.05) is 0 Å². The highest BCUT2D eigenvalue weighted by Gasteiger charge is 2.09. The van der Waals surface area contributed by atoms with Crippen LogP contribution < -0.4 is 5.32 Å². The number of hydrogen-bond acceptors (Lipinski definition) is 3. The van der Waals surface area contributed by atoms with Crippen LogP contribution in [0.2, 0.25) is 0 Å². The summed E-state index contributed by atoms with van der Waals surface area (Å²) in [6, 6.07) is -0.000348. The monoisotopic (exact) mass is 407 g/mol. The van der Waals surface area contributed by atoms with Crippen LogP contribution in [0.1, 0.15) is 26.7 Å². The van der Waals surface area contributed by atoms with Gasteiger partial charge in [0.05, 0.1) is 0 Å². The molecule has 160 valence electrons. The van der Waals surface area contributed by atoms with E-state index in [-0.39, 0.29) is 11.9 Å². The van der Waals surface area contributed by atoms with Crippen molar-refractivity contribution >= 4 is 5.91 Å². The lowest BCUT2D eigenvalue weighted by Crippen LogP contribution is -2.32. The van der Waals surface area contributed by atoms with Gasteiger partial charge in [-0.05, 0) is 26.7 Å². The topological polar surface area (TPSA) is 69.6 Å². The number of aliphatic hydroxyl groups excluding tert-OH is 2. The molecule has 30 heavy (non-hydrogen) atoms. The van der Waals surface area contributed by atoms with Crippen molar-refractivity contribution in [1.82, 2.24) is 5.32 Å². The SMILES string of the molecule is C/C=C/C=C/CC1C/C=C/C=C/C=C/C=C\C(O)C(O)\C=C(C)/C=C/C=C/C(=O)N1. The Morgan fingerprint density at radius 1 is 0.967 bits per heavy atom. The molecule has 0 aromatic rings. The Labute approximate surface area is 180 Å². The average Bonchev–Trinajstić information content (AvgIpc) is 2.71. The molecule has 1 rings (SSSR count). The van der Waals surface area contributed by atoms with E-state index in [0.29, 0.717) is 0 Å². The van der Waals surface area contributed by atoms with E-state index in [1.165, 1.54) is 12.2 Å². The molecule has 3 N–H and O–H groups in total. The molecule has 3 atom stereocenters. The van der Waals surface area contributed by atoms with Crippen LogP contribution in [0.25, 0.3) is 0 Å². The molecule has 1 aliphatic heterocycles. The van der Waals surface area contributed by atoms with E-state index in [9.17, 15) is 15.0 Å². The minimum absolute atomic E-state index is 0.000348. The largest absolute Gasteiger partial charge is 0.386 e. The minimum atomic E-state index is -1.01. The lowest BCUT2D eigenvalue weighted by molar-refractivity contribution is -0.117. The van der Waals surface area contributed by atoms with Gasteiger partial charge >= 0.3 is 0 Å². The Bertz CT molecular complexity index is 776. The molecule has 0 saturated carbocycles. The third-order valence-electron chi connectivity index (χ3n) is 4.13. The third-order valence-corrected chi connectivity index (χ3v) is 4.13. The van der Waals surface area contributed by atoms with Crippen molar-refractivity contribution in [2.45, 2.75) is 44.9 Å². The van der Waals surface area contributed by atoms with Crippen LogP contribution >= 0.6 is 0 Å². The van der Waals surface area contributed by atoms with E-state index in [1.54, 1.807) is 36.5 Å². The van der Waals surface area contributed by atoms with Crippen LogP contribution in [0.4, 0.5) is 0 Å². The molecule has 0 saturated heterocycles. The van der Waals surface area contributed by atoms with Gasteiger partial charge in [-0.1, -0.05) is 103 Å². The second-order valence-electron chi connectivity index (χ2n) is 6.82. The van der Waals surface area contributed by atoms with Gasteiger partial charge in [0.1, 0.15) is 12.2 Å². The summed E-state index contributed by atoms with van der Waals surface area (Å²) in [7, 11) is 0. The lowest BCUT2D eigenvalue weighted by Gasteiger charge is -2.14. The molecule has 1 aliphatic rings. The molecule has 1 amide bonds. The fraction of sp³-hybridized carbons (Fsp3) is 0.269. The number of hydrogen-bond donors (Lipinski definition) is 3. The Morgan fingerprint density at radius 2 is 1.67 bits per heavy atom. The van der Waals surface area contributed by atoms with Crippen molar-refractivity contribution in [2.24, 2.45) is 0 Å².